The Kier molecular flexibility index (Phi) is 2.88. The summed E-state index contributed by atoms with van der Waals surface area (Å²) < 4.78 is 5.82. The standard InChI is InChI=1S/C15H12N2O/c1-2-5-12(6-3-1)10-18-14-8-4-7-13-9-16-11-17-15(13)14/h1-9,11H,10H2. The second-order valence-electron chi connectivity index (χ2n) is 3.99. The van der Waals surface area contributed by atoms with E-state index < -0.39 is 0 Å². The van der Waals surface area contributed by atoms with Gasteiger partial charge in [0.05, 0.1) is 0 Å². The third-order valence-corrected chi connectivity index (χ3v) is 2.73. The second kappa shape index (κ2) is 4.84. The maximum atomic E-state index is 5.82. The van der Waals surface area contributed by atoms with Crippen molar-refractivity contribution in [3.63, 3.8) is 0 Å². The Labute approximate surface area is 105 Å². The van der Waals surface area contributed by atoms with Crippen LogP contribution in [0.3, 0.4) is 0 Å². The second-order valence-corrected chi connectivity index (χ2v) is 3.99. The van der Waals surface area contributed by atoms with Crippen molar-refractivity contribution >= 4 is 10.9 Å². The lowest BCUT2D eigenvalue weighted by molar-refractivity contribution is 0.309. The number of ether oxygens (including phenoxy) is 1. The fourth-order valence-corrected chi connectivity index (χ4v) is 1.84. The Bertz CT molecular complexity index is 647. The van der Waals surface area contributed by atoms with Crippen molar-refractivity contribution in [2.24, 2.45) is 0 Å². The number of aromatic nitrogens is 2. The fourth-order valence-electron chi connectivity index (χ4n) is 1.84. The van der Waals surface area contributed by atoms with Crippen LogP contribution in [-0.2, 0) is 6.61 Å². The van der Waals surface area contributed by atoms with Crippen molar-refractivity contribution in [1.29, 1.82) is 0 Å². The topological polar surface area (TPSA) is 35.0 Å². The van der Waals surface area contributed by atoms with Crippen LogP contribution in [-0.4, -0.2) is 9.97 Å². The van der Waals surface area contributed by atoms with E-state index in [4.69, 9.17) is 4.74 Å². The van der Waals surface area contributed by atoms with Gasteiger partial charge in [-0.2, -0.15) is 0 Å². The van der Waals surface area contributed by atoms with Crippen LogP contribution in [0.15, 0.2) is 61.1 Å². The van der Waals surface area contributed by atoms with Crippen molar-refractivity contribution in [3.05, 3.63) is 66.6 Å². The normalized spacial score (nSPS) is 10.4. The smallest absolute Gasteiger partial charge is 0.146 e. The maximum Gasteiger partial charge on any atom is 0.146 e. The number of rotatable bonds is 3. The van der Waals surface area contributed by atoms with Crippen LogP contribution >= 0.6 is 0 Å². The van der Waals surface area contributed by atoms with Crippen molar-refractivity contribution in [3.8, 4) is 5.75 Å². The number of hydrogen-bond donors (Lipinski definition) is 0. The van der Waals surface area contributed by atoms with E-state index in [0.717, 1.165) is 22.2 Å². The zero-order valence-corrected chi connectivity index (χ0v) is 9.78. The minimum Gasteiger partial charge on any atom is -0.487 e. The average Bonchev–Trinajstić information content (AvgIpc) is 2.46. The molecule has 3 rings (SSSR count). The maximum absolute atomic E-state index is 5.82. The highest BCUT2D eigenvalue weighted by atomic mass is 16.5. The third kappa shape index (κ3) is 2.15. The van der Waals surface area contributed by atoms with E-state index >= 15 is 0 Å². The average molecular weight is 236 g/mol. The van der Waals surface area contributed by atoms with Gasteiger partial charge in [-0.3, -0.25) is 0 Å². The predicted octanol–water partition coefficient (Wildman–Crippen LogP) is 3.21. The molecule has 88 valence electrons. The van der Waals surface area contributed by atoms with Crippen molar-refractivity contribution < 1.29 is 4.74 Å². The Morgan fingerprint density at radius 3 is 2.72 bits per heavy atom. The van der Waals surface area contributed by atoms with Crippen molar-refractivity contribution in [2.75, 3.05) is 0 Å². The lowest BCUT2D eigenvalue weighted by Gasteiger charge is -2.08. The summed E-state index contributed by atoms with van der Waals surface area (Å²) in [5.74, 6) is 0.791. The van der Waals surface area contributed by atoms with E-state index in [9.17, 15) is 0 Å². The molecule has 2 aromatic carbocycles. The highest BCUT2D eigenvalue weighted by Gasteiger charge is 2.03. The van der Waals surface area contributed by atoms with E-state index in [1.165, 1.54) is 6.33 Å². The highest BCUT2D eigenvalue weighted by Crippen LogP contribution is 2.23. The molecule has 3 nitrogen and oxygen atoms in total. The quantitative estimate of drug-likeness (QED) is 0.700. The van der Waals surface area contributed by atoms with Gasteiger partial charge in [0, 0.05) is 11.6 Å². The molecule has 0 unspecified atom stereocenters. The van der Waals surface area contributed by atoms with Crippen molar-refractivity contribution in [1.82, 2.24) is 9.97 Å². The van der Waals surface area contributed by atoms with Crippen LogP contribution in [0.2, 0.25) is 0 Å². The molecule has 1 aromatic heterocycles. The Hall–Kier alpha value is -2.42. The Balaban J connectivity index is 1.87. The predicted molar refractivity (Wildman–Crippen MR) is 70.3 cm³/mol. The molecule has 3 aromatic rings. The molecule has 0 aliphatic carbocycles. The van der Waals surface area contributed by atoms with Gasteiger partial charge in [-0.05, 0) is 11.6 Å². The first-order valence-electron chi connectivity index (χ1n) is 5.79. The molecule has 0 fully saturated rings. The first-order chi connectivity index (χ1) is 8.93. The summed E-state index contributed by atoms with van der Waals surface area (Å²) in [5.41, 5.74) is 1.99. The first kappa shape index (κ1) is 10.7. The van der Waals surface area contributed by atoms with E-state index in [2.05, 4.69) is 9.97 Å². The van der Waals surface area contributed by atoms with Crippen LogP contribution in [0.1, 0.15) is 5.56 Å². The molecule has 18 heavy (non-hydrogen) atoms. The fraction of sp³-hybridized carbons (Fsp3) is 0.0667. The summed E-state index contributed by atoms with van der Waals surface area (Å²) >= 11 is 0. The van der Waals surface area contributed by atoms with E-state index in [0.29, 0.717) is 6.61 Å². The van der Waals surface area contributed by atoms with E-state index in [1.807, 2.05) is 48.5 Å². The summed E-state index contributed by atoms with van der Waals surface area (Å²) in [6.45, 7) is 0.546. The van der Waals surface area contributed by atoms with E-state index in [-0.39, 0.29) is 0 Å². The third-order valence-electron chi connectivity index (χ3n) is 2.73. The largest absolute Gasteiger partial charge is 0.487 e. The van der Waals surface area contributed by atoms with Gasteiger partial charge >= 0.3 is 0 Å². The first-order valence-corrected chi connectivity index (χ1v) is 5.79. The summed E-state index contributed by atoms with van der Waals surface area (Å²) in [7, 11) is 0. The van der Waals surface area contributed by atoms with Gasteiger partial charge in [0.2, 0.25) is 0 Å². The molecule has 1 heterocycles. The lowest BCUT2D eigenvalue weighted by atomic mass is 10.2. The molecular formula is C15H12N2O. The number of nitrogens with zero attached hydrogens (tertiary/aromatic N) is 2. The molecular weight excluding hydrogens is 224 g/mol. The summed E-state index contributed by atoms with van der Waals surface area (Å²) in [6.07, 6.45) is 3.33. The van der Waals surface area contributed by atoms with E-state index in [1.54, 1.807) is 6.20 Å². The lowest BCUT2D eigenvalue weighted by Crippen LogP contribution is -1.96. The molecule has 0 spiro atoms. The summed E-state index contributed by atoms with van der Waals surface area (Å²) in [5, 5.41) is 0.989. The molecule has 0 N–H and O–H groups in total. The number of fused-ring (bicyclic) bond motifs is 1. The number of para-hydroxylation sites is 1. The van der Waals surface area contributed by atoms with Gasteiger partial charge in [0.25, 0.3) is 0 Å². The van der Waals surface area contributed by atoms with Gasteiger partial charge in [0.1, 0.15) is 24.2 Å². The molecule has 0 saturated carbocycles. The molecule has 0 radical (unpaired) electrons. The molecule has 0 aliphatic heterocycles. The molecule has 0 bridgehead atoms. The molecule has 3 heteroatoms. The Morgan fingerprint density at radius 2 is 1.83 bits per heavy atom. The van der Waals surface area contributed by atoms with Crippen LogP contribution in [0.5, 0.6) is 5.75 Å². The molecule has 0 aliphatic rings. The van der Waals surface area contributed by atoms with Gasteiger partial charge < -0.3 is 4.74 Å². The van der Waals surface area contributed by atoms with Crippen molar-refractivity contribution in [2.45, 2.75) is 6.61 Å². The summed E-state index contributed by atoms with van der Waals surface area (Å²) in [6, 6.07) is 15.9. The van der Waals surface area contributed by atoms with Crippen LogP contribution in [0.25, 0.3) is 10.9 Å². The zero-order valence-electron chi connectivity index (χ0n) is 9.78. The van der Waals surface area contributed by atoms with Crippen LogP contribution in [0, 0.1) is 0 Å². The van der Waals surface area contributed by atoms with Gasteiger partial charge in [-0.25, -0.2) is 9.97 Å². The highest BCUT2D eigenvalue weighted by molar-refractivity contribution is 5.83. The monoisotopic (exact) mass is 236 g/mol. The van der Waals surface area contributed by atoms with Gasteiger partial charge in [-0.1, -0.05) is 42.5 Å². The Morgan fingerprint density at radius 1 is 0.944 bits per heavy atom. The number of benzene rings is 2. The summed E-state index contributed by atoms with van der Waals surface area (Å²) in [4.78, 5) is 8.26. The van der Waals surface area contributed by atoms with Gasteiger partial charge in [-0.15, -0.1) is 0 Å². The minimum atomic E-state index is 0.546. The SMILES string of the molecule is c1ccc(COc2cccc3cncnc23)cc1. The molecule has 0 amide bonds. The molecule has 0 atom stereocenters. The molecule has 0 saturated heterocycles. The van der Waals surface area contributed by atoms with Gasteiger partial charge in [0.15, 0.2) is 0 Å². The minimum absolute atomic E-state index is 0.546. The van der Waals surface area contributed by atoms with Crippen LogP contribution < -0.4 is 4.74 Å². The van der Waals surface area contributed by atoms with Crippen LogP contribution in [0.4, 0.5) is 0 Å². The zero-order chi connectivity index (χ0) is 12.2. The number of hydrogen-bond acceptors (Lipinski definition) is 3.